The number of imidazole rings is 1. The molecule has 1 aliphatic rings. The van der Waals surface area contributed by atoms with Crippen LogP contribution in [0, 0.1) is 18.8 Å². The maximum Gasteiger partial charge on any atom is 0.253 e. The summed E-state index contributed by atoms with van der Waals surface area (Å²) in [5, 5.41) is 0. The maximum atomic E-state index is 2.41. The summed E-state index contributed by atoms with van der Waals surface area (Å²) in [6, 6.07) is 10.6. The molecule has 0 saturated carbocycles. The van der Waals surface area contributed by atoms with Crippen molar-refractivity contribution in [3.05, 3.63) is 77.9 Å². The summed E-state index contributed by atoms with van der Waals surface area (Å²) in [4.78, 5) is 0. The second-order valence-corrected chi connectivity index (χ2v) is 6.41. The quantitative estimate of drug-likeness (QED) is 0.756. The highest BCUT2D eigenvalue weighted by Crippen LogP contribution is 2.22. The van der Waals surface area contributed by atoms with Gasteiger partial charge in [-0.15, -0.1) is 0 Å². The van der Waals surface area contributed by atoms with Crippen molar-refractivity contribution in [3.63, 3.8) is 0 Å². The Kier molecular flexibility index (Phi) is 4.28. The molecule has 0 spiro atoms. The van der Waals surface area contributed by atoms with Crippen LogP contribution < -0.4 is 4.57 Å². The van der Waals surface area contributed by atoms with Gasteiger partial charge >= 0.3 is 0 Å². The van der Waals surface area contributed by atoms with E-state index in [0.717, 1.165) is 13.1 Å². The molecule has 2 unspecified atom stereocenters. The third kappa shape index (κ3) is 3.22. The van der Waals surface area contributed by atoms with E-state index < -0.39 is 0 Å². The molecule has 0 amide bonds. The average Bonchev–Trinajstić information content (AvgIpc) is 2.85. The molecular weight excluding hydrogens is 268 g/mol. The lowest BCUT2D eigenvalue weighted by Gasteiger charge is -2.18. The molecule has 0 fully saturated rings. The number of aromatic nitrogens is 2. The molecule has 2 atom stereocenters. The lowest BCUT2D eigenvalue weighted by Crippen LogP contribution is -2.36. The second kappa shape index (κ2) is 6.35. The summed E-state index contributed by atoms with van der Waals surface area (Å²) in [5.74, 6) is 2.58. The first-order valence-corrected chi connectivity index (χ1v) is 8.11. The predicted octanol–water partition coefficient (Wildman–Crippen LogP) is 3.90. The minimum atomic E-state index is 0.632. The minimum Gasteiger partial charge on any atom is -0.230 e. The summed E-state index contributed by atoms with van der Waals surface area (Å²) in [5.41, 5.74) is 2.75. The van der Waals surface area contributed by atoms with E-state index >= 15 is 0 Å². The van der Waals surface area contributed by atoms with Crippen LogP contribution in [0.2, 0.25) is 0 Å². The average molecular weight is 293 g/mol. The SMILES string of the molecule is Cc1n(Cc2ccccc2)cc[n+]1CC1=CC(C)C(C)C=C1. The molecule has 2 nitrogen and oxygen atoms in total. The molecule has 1 aromatic heterocycles. The van der Waals surface area contributed by atoms with Gasteiger partial charge in [0.1, 0.15) is 25.5 Å². The number of rotatable bonds is 4. The molecule has 2 aromatic rings. The van der Waals surface area contributed by atoms with E-state index in [1.54, 1.807) is 0 Å². The van der Waals surface area contributed by atoms with Crippen LogP contribution in [-0.4, -0.2) is 4.57 Å². The van der Waals surface area contributed by atoms with E-state index in [1.807, 2.05) is 0 Å². The van der Waals surface area contributed by atoms with E-state index in [1.165, 1.54) is 17.0 Å². The number of benzene rings is 1. The Morgan fingerprint density at radius 3 is 2.59 bits per heavy atom. The highest BCUT2D eigenvalue weighted by molar-refractivity contribution is 5.23. The van der Waals surface area contributed by atoms with Gasteiger partial charge in [-0.25, -0.2) is 9.13 Å². The molecular formula is C20H25N2+. The molecule has 1 aliphatic carbocycles. The van der Waals surface area contributed by atoms with Crippen LogP contribution in [0.25, 0.3) is 0 Å². The number of allylic oxidation sites excluding steroid dienone is 4. The molecule has 22 heavy (non-hydrogen) atoms. The molecule has 0 aliphatic heterocycles. The van der Waals surface area contributed by atoms with E-state index in [0.29, 0.717) is 11.8 Å². The van der Waals surface area contributed by atoms with Gasteiger partial charge in [0.2, 0.25) is 0 Å². The maximum absolute atomic E-state index is 2.41. The van der Waals surface area contributed by atoms with Crippen molar-refractivity contribution in [2.24, 2.45) is 11.8 Å². The first-order chi connectivity index (χ1) is 10.6. The molecule has 1 heterocycles. The number of hydrogen-bond acceptors (Lipinski definition) is 0. The van der Waals surface area contributed by atoms with Crippen LogP contribution in [-0.2, 0) is 13.1 Å². The third-order valence-electron chi connectivity index (χ3n) is 4.73. The van der Waals surface area contributed by atoms with Gasteiger partial charge in [-0.1, -0.05) is 62.4 Å². The van der Waals surface area contributed by atoms with E-state index in [9.17, 15) is 0 Å². The molecule has 2 heteroatoms. The van der Waals surface area contributed by atoms with Crippen molar-refractivity contribution < 1.29 is 4.57 Å². The Hall–Kier alpha value is -2.09. The van der Waals surface area contributed by atoms with Crippen LogP contribution in [0.5, 0.6) is 0 Å². The fraction of sp³-hybridized carbons (Fsp3) is 0.350. The summed E-state index contributed by atoms with van der Waals surface area (Å²) in [6.45, 7) is 8.67. The first kappa shape index (κ1) is 14.8. The smallest absolute Gasteiger partial charge is 0.230 e. The van der Waals surface area contributed by atoms with Gasteiger partial charge in [0, 0.05) is 6.92 Å². The molecule has 0 N–H and O–H groups in total. The van der Waals surface area contributed by atoms with E-state index in [2.05, 4.69) is 90.9 Å². The summed E-state index contributed by atoms with van der Waals surface area (Å²) < 4.78 is 4.65. The fourth-order valence-electron chi connectivity index (χ4n) is 2.95. The van der Waals surface area contributed by atoms with Crippen molar-refractivity contribution in [1.82, 2.24) is 4.57 Å². The lowest BCUT2D eigenvalue weighted by atomic mass is 9.88. The monoisotopic (exact) mass is 293 g/mol. The van der Waals surface area contributed by atoms with Gasteiger partial charge in [0.05, 0.1) is 0 Å². The Morgan fingerprint density at radius 1 is 1.09 bits per heavy atom. The third-order valence-corrected chi connectivity index (χ3v) is 4.73. The summed E-state index contributed by atoms with van der Waals surface area (Å²) >= 11 is 0. The summed E-state index contributed by atoms with van der Waals surface area (Å²) in [7, 11) is 0. The van der Waals surface area contributed by atoms with Crippen LogP contribution in [0.1, 0.15) is 25.2 Å². The fourth-order valence-corrected chi connectivity index (χ4v) is 2.95. The largest absolute Gasteiger partial charge is 0.253 e. The Labute approximate surface area is 133 Å². The van der Waals surface area contributed by atoms with Crippen LogP contribution in [0.4, 0.5) is 0 Å². The van der Waals surface area contributed by atoms with Gasteiger partial charge in [-0.2, -0.15) is 0 Å². The van der Waals surface area contributed by atoms with Crippen LogP contribution in [0.3, 0.4) is 0 Å². The zero-order valence-electron chi connectivity index (χ0n) is 13.7. The van der Waals surface area contributed by atoms with E-state index in [4.69, 9.17) is 0 Å². The minimum absolute atomic E-state index is 0.632. The Bertz CT molecular complexity index is 692. The normalized spacial score (nSPS) is 21.0. The van der Waals surface area contributed by atoms with Crippen molar-refractivity contribution in [3.8, 4) is 0 Å². The number of hydrogen-bond donors (Lipinski definition) is 0. The van der Waals surface area contributed by atoms with Crippen molar-refractivity contribution >= 4 is 0 Å². The van der Waals surface area contributed by atoms with Gasteiger partial charge in [-0.3, -0.25) is 0 Å². The van der Waals surface area contributed by atoms with E-state index in [-0.39, 0.29) is 0 Å². The topological polar surface area (TPSA) is 8.81 Å². The molecule has 1 aromatic carbocycles. The van der Waals surface area contributed by atoms with Gasteiger partial charge < -0.3 is 0 Å². The van der Waals surface area contributed by atoms with Gasteiger partial charge in [0.25, 0.3) is 5.82 Å². The highest BCUT2D eigenvalue weighted by atomic mass is 15.1. The Balaban J connectivity index is 1.74. The Morgan fingerprint density at radius 2 is 1.86 bits per heavy atom. The molecule has 3 rings (SSSR count). The molecule has 0 radical (unpaired) electrons. The molecule has 0 bridgehead atoms. The molecule has 0 saturated heterocycles. The predicted molar refractivity (Wildman–Crippen MR) is 90.5 cm³/mol. The van der Waals surface area contributed by atoms with Crippen molar-refractivity contribution in [2.45, 2.75) is 33.9 Å². The molecule has 114 valence electrons. The van der Waals surface area contributed by atoms with Crippen molar-refractivity contribution in [2.75, 3.05) is 0 Å². The van der Waals surface area contributed by atoms with Crippen LogP contribution in [0.15, 0.2) is 66.5 Å². The zero-order valence-corrected chi connectivity index (χ0v) is 13.7. The zero-order chi connectivity index (χ0) is 15.5. The number of nitrogens with zero attached hydrogens (tertiary/aromatic N) is 2. The second-order valence-electron chi connectivity index (χ2n) is 6.41. The summed E-state index contributed by atoms with van der Waals surface area (Å²) in [6.07, 6.45) is 11.4. The highest BCUT2D eigenvalue weighted by Gasteiger charge is 2.16. The lowest BCUT2D eigenvalue weighted by molar-refractivity contribution is -0.694. The standard InChI is InChI=1S/C20H25N2/c1-16-9-10-20(13-17(16)2)15-22-12-11-21(18(22)3)14-19-7-5-4-6-8-19/h4-13,16-17H,14-15H2,1-3H3/q+1. The first-order valence-electron chi connectivity index (χ1n) is 8.11. The van der Waals surface area contributed by atoms with Gasteiger partial charge in [0.15, 0.2) is 0 Å². The van der Waals surface area contributed by atoms with Gasteiger partial charge in [-0.05, 0) is 23.0 Å². The van der Waals surface area contributed by atoms with Crippen molar-refractivity contribution in [1.29, 1.82) is 0 Å². The van der Waals surface area contributed by atoms with Crippen LogP contribution >= 0.6 is 0 Å².